The number of carbonyl (C=O) groups excluding carboxylic acids is 1. The van der Waals surface area contributed by atoms with Gasteiger partial charge in [-0.3, -0.25) is 4.79 Å². The van der Waals surface area contributed by atoms with Crippen molar-refractivity contribution < 1.29 is 9.90 Å². The number of aliphatic hydroxyl groups excluding tert-OH is 1. The number of hydrogen-bond donors (Lipinski definition) is 3. The van der Waals surface area contributed by atoms with E-state index < -0.39 is 5.54 Å². The lowest BCUT2D eigenvalue weighted by Gasteiger charge is -2.26. The summed E-state index contributed by atoms with van der Waals surface area (Å²) in [6.07, 6.45) is 2.86. The van der Waals surface area contributed by atoms with Crippen molar-refractivity contribution in [1.29, 1.82) is 0 Å². The van der Waals surface area contributed by atoms with E-state index in [0.29, 0.717) is 5.92 Å². The number of unbranched alkanes of at least 4 members (excludes halogenated alkanes) is 1. The quantitative estimate of drug-likeness (QED) is 0.498. The number of nitrogens with two attached hydrogens (primary N) is 1. The van der Waals surface area contributed by atoms with Gasteiger partial charge >= 0.3 is 0 Å². The second-order valence-electron chi connectivity index (χ2n) is 5.05. The number of aliphatic hydroxyl groups is 1. The fourth-order valence-corrected chi connectivity index (χ4v) is 2.79. The van der Waals surface area contributed by atoms with Gasteiger partial charge in [-0.2, -0.15) is 11.8 Å². The summed E-state index contributed by atoms with van der Waals surface area (Å²) >= 11 is 1.86. The van der Waals surface area contributed by atoms with Crippen LogP contribution in [0.4, 0.5) is 0 Å². The average molecular weight is 276 g/mol. The van der Waals surface area contributed by atoms with Crippen LogP contribution in [0.25, 0.3) is 0 Å². The van der Waals surface area contributed by atoms with E-state index in [-0.39, 0.29) is 12.5 Å². The Labute approximate surface area is 115 Å². The normalized spacial score (nSPS) is 16.2. The first kappa shape index (κ1) is 17.7. The number of carbonyl (C=O) groups is 1. The molecule has 4 N–H and O–H groups in total. The minimum absolute atomic E-state index is 0.257. The Morgan fingerprint density at radius 1 is 1.50 bits per heavy atom. The number of rotatable bonds is 11. The third kappa shape index (κ3) is 7.24. The number of primary amides is 1. The van der Waals surface area contributed by atoms with Crippen LogP contribution in [0.2, 0.25) is 0 Å². The smallest absolute Gasteiger partial charge is 0.237 e. The first-order valence-corrected chi connectivity index (χ1v) is 7.85. The van der Waals surface area contributed by atoms with Gasteiger partial charge in [0.25, 0.3) is 0 Å². The molecule has 0 aliphatic carbocycles. The summed E-state index contributed by atoms with van der Waals surface area (Å²) in [5.74, 6) is 2.17. The average Bonchev–Trinajstić information content (AvgIpc) is 2.33. The van der Waals surface area contributed by atoms with E-state index >= 15 is 0 Å². The van der Waals surface area contributed by atoms with E-state index in [9.17, 15) is 4.79 Å². The van der Waals surface area contributed by atoms with Crippen LogP contribution in [0.5, 0.6) is 0 Å². The van der Waals surface area contributed by atoms with Gasteiger partial charge in [0.2, 0.25) is 5.91 Å². The Morgan fingerprint density at radius 2 is 2.17 bits per heavy atom. The van der Waals surface area contributed by atoms with Crippen molar-refractivity contribution in [1.82, 2.24) is 5.32 Å². The summed E-state index contributed by atoms with van der Waals surface area (Å²) < 4.78 is 0. The van der Waals surface area contributed by atoms with Gasteiger partial charge in [0.1, 0.15) is 0 Å². The number of thioether (sulfide) groups is 1. The first-order chi connectivity index (χ1) is 8.46. The van der Waals surface area contributed by atoms with Crippen molar-refractivity contribution >= 4 is 17.7 Å². The van der Waals surface area contributed by atoms with Crippen molar-refractivity contribution in [2.45, 2.75) is 45.6 Å². The molecule has 2 unspecified atom stereocenters. The molecule has 4 nitrogen and oxygen atoms in total. The number of amides is 1. The first-order valence-electron chi connectivity index (χ1n) is 6.69. The summed E-state index contributed by atoms with van der Waals surface area (Å²) in [6.45, 7) is 6.91. The Hall–Kier alpha value is -0.260. The molecule has 0 fully saturated rings. The standard InChI is InChI=1S/C13H28N2O2S/c1-4-15-13(3,12(14)17)7-5-6-8-18-10-11(2)9-16/h11,15-16H,4-10H2,1-3H3,(H2,14,17). The predicted octanol–water partition coefficient (Wildman–Crippen LogP) is 1.37. The molecule has 1 amide bonds. The van der Waals surface area contributed by atoms with Crippen LogP contribution in [0, 0.1) is 5.92 Å². The third-order valence-corrected chi connectivity index (χ3v) is 4.42. The Kier molecular flexibility index (Phi) is 9.50. The summed E-state index contributed by atoms with van der Waals surface area (Å²) in [5, 5.41) is 12.1. The van der Waals surface area contributed by atoms with Gasteiger partial charge in [-0.05, 0) is 43.7 Å². The van der Waals surface area contributed by atoms with Gasteiger partial charge < -0.3 is 16.2 Å². The molecule has 0 spiro atoms. The molecule has 0 aromatic carbocycles. The zero-order chi connectivity index (χ0) is 14.0. The molecule has 108 valence electrons. The highest BCUT2D eigenvalue weighted by molar-refractivity contribution is 7.99. The molecule has 0 aliphatic rings. The van der Waals surface area contributed by atoms with E-state index in [1.54, 1.807) is 0 Å². The topological polar surface area (TPSA) is 75.3 Å². The van der Waals surface area contributed by atoms with Crippen molar-refractivity contribution in [3.63, 3.8) is 0 Å². The van der Waals surface area contributed by atoms with Gasteiger partial charge in [-0.25, -0.2) is 0 Å². The Morgan fingerprint density at radius 3 is 2.67 bits per heavy atom. The highest BCUT2D eigenvalue weighted by Gasteiger charge is 2.28. The lowest BCUT2D eigenvalue weighted by Crippen LogP contribution is -2.52. The highest BCUT2D eigenvalue weighted by Crippen LogP contribution is 2.16. The van der Waals surface area contributed by atoms with Crippen LogP contribution in [0.15, 0.2) is 0 Å². The SMILES string of the molecule is CCNC(C)(CCCCSCC(C)CO)C(N)=O. The van der Waals surface area contributed by atoms with Gasteiger partial charge in [-0.15, -0.1) is 0 Å². The summed E-state index contributed by atoms with van der Waals surface area (Å²) in [4.78, 5) is 11.4. The molecule has 0 bridgehead atoms. The van der Waals surface area contributed by atoms with Crippen LogP contribution in [-0.2, 0) is 4.79 Å². The maximum atomic E-state index is 11.4. The predicted molar refractivity (Wildman–Crippen MR) is 78.7 cm³/mol. The fraction of sp³-hybridized carbons (Fsp3) is 0.923. The molecule has 2 atom stereocenters. The van der Waals surface area contributed by atoms with Crippen LogP contribution < -0.4 is 11.1 Å². The second kappa shape index (κ2) is 9.64. The van der Waals surface area contributed by atoms with E-state index in [4.69, 9.17) is 10.8 Å². The van der Waals surface area contributed by atoms with Gasteiger partial charge in [0.05, 0.1) is 5.54 Å². The molecule has 0 rings (SSSR count). The largest absolute Gasteiger partial charge is 0.396 e. The lowest BCUT2D eigenvalue weighted by molar-refractivity contribution is -0.124. The van der Waals surface area contributed by atoms with Gasteiger partial charge in [-0.1, -0.05) is 20.3 Å². The van der Waals surface area contributed by atoms with Crippen LogP contribution >= 0.6 is 11.8 Å². The third-order valence-electron chi connectivity index (χ3n) is 3.04. The molecule has 18 heavy (non-hydrogen) atoms. The number of nitrogens with one attached hydrogen (secondary N) is 1. The fourth-order valence-electron chi connectivity index (χ4n) is 1.71. The second-order valence-corrected chi connectivity index (χ2v) is 6.20. The lowest BCUT2D eigenvalue weighted by atomic mass is 9.94. The van der Waals surface area contributed by atoms with Gasteiger partial charge in [0.15, 0.2) is 0 Å². The zero-order valence-corrected chi connectivity index (χ0v) is 12.7. The van der Waals surface area contributed by atoms with Crippen molar-refractivity contribution in [2.24, 2.45) is 11.7 Å². The molecular formula is C13H28N2O2S. The van der Waals surface area contributed by atoms with Crippen molar-refractivity contribution in [3.05, 3.63) is 0 Å². The molecule has 0 aromatic rings. The molecule has 0 radical (unpaired) electrons. The molecular weight excluding hydrogens is 248 g/mol. The van der Waals surface area contributed by atoms with Crippen LogP contribution in [0.1, 0.15) is 40.0 Å². The molecule has 0 aromatic heterocycles. The van der Waals surface area contributed by atoms with Crippen LogP contribution in [-0.4, -0.2) is 41.2 Å². The highest BCUT2D eigenvalue weighted by atomic mass is 32.2. The van der Waals surface area contributed by atoms with E-state index in [1.807, 2.05) is 32.5 Å². The van der Waals surface area contributed by atoms with Gasteiger partial charge in [0, 0.05) is 6.61 Å². The molecule has 5 heteroatoms. The minimum Gasteiger partial charge on any atom is -0.396 e. The Bertz CT molecular complexity index is 239. The summed E-state index contributed by atoms with van der Waals surface area (Å²) in [6, 6.07) is 0. The maximum Gasteiger partial charge on any atom is 0.237 e. The Balaban J connectivity index is 3.71. The molecule has 0 heterocycles. The van der Waals surface area contributed by atoms with E-state index in [0.717, 1.165) is 37.3 Å². The number of hydrogen-bond acceptors (Lipinski definition) is 4. The zero-order valence-electron chi connectivity index (χ0n) is 11.9. The molecule has 0 saturated carbocycles. The maximum absolute atomic E-state index is 11.4. The number of likely N-dealkylation sites (N-methyl/N-ethyl adjacent to an activating group) is 1. The van der Waals surface area contributed by atoms with E-state index in [2.05, 4.69) is 5.32 Å². The van der Waals surface area contributed by atoms with E-state index in [1.165, 1.54) is 0 Å². The minimum atomic E-state index is -0.572. The molecule has 0 aliphatic heterocycles. The van der Waals surface area contributed by atoms with Crippen LogP contribution in [0.3, 0.4) is 0 Å². The monoisotopic (exact) mass is 276 g/mol. The molecule has 0 saturated heterocycles. The van der Waals surface area contributed by atoms with Crippen molar-refractivity contribution in [3.8, 4) is 0 Å². The summed E-state index contributed by atoms with van der Waals surface area (Å²) in [7, 11) is 0. The summed E-state index contributed by atoms with van der Waals surface area (Å²) in [5.41, 5.74) is 4.85. The van der Waals surface area contributed by atoms with Crippen molar-refractivity contribution in [2.75, 3.05) is 24.7 Å².